The summed E-state index contributed by atoms with van der Waals surface area (Å²) in [5.41, 5.74) is 1.41. The van der Waals surface area contributed by atoms with Crippen molar-refractivity contribution in [3.8, 4) is 11.1 Å². The maximum absolute atomic E-state index is 15.8. The summed E-state index contributed by atoms with van der Waals surface area (Å²) >= 11 is 11.8. The van der Waals surface area contributed by atoms with Gasteiger partial charge < -0.3 is 4.90 Å². The Bertz CT molecular complexity index is 1550. The number of hydrogen-bond donors (Lipinski definition) is 1. The average Bonchev–Trinajstić information content (AvgIpc) is 2.82. The number of anilines is 1. The Morgan fingerprint density at radius 3 is 2.28 bits per heavy atom. The van der Waals surface area contributed by atoms with Crippen LogP contribution in [0, 0.1) is 0 Å². The fraction of sp³-hybridized carbons (Fsp3) is 0.208. The summed E-state index contributed by atoms with van der Waals surface area (Å²) in [7, 11) is -8.00. The van der Waals surface area contributed by atoms with Crippen LogP contribution in [0.4, 0.5) is 10.1 Å². The zero-order valence-corrected chi connectivity index (χ0v) is 22.1. The number of nitrogens with one attached hydrogen (secondary N) is 1. The highest BCUT2D eigenvalue weighted by Crippen LogP contribution is 2.34. The number of nitrogens with zero attached hydrogens (tertiary/aromatic N) is 1. The Kier molecular flexibility index (Phi) is 7.20. The average molecular weight is 571 g/mol. The van der Waals surface area contributed by atoms with Crippen LogP contribution in [0.25, 0.3) is 11.1 Å². The predicted molar refractivity (Wildman–Crippen MR) is 137 cm³/mol. The van der Waals surface area contributed by atoms with Gasteiger partial charge in [0.05, 0.1) is 9.92 Å². The summed E-state index contributed by atoms with van der Waals surface area (Å²) in [5.74, 6) is -3.97. The van der Waals surface area contributed by atoms with E-state index >= 15 is 4.39 Å². The monoisotopic (exact) mass is 570 g/mol. The lowest BCUT2D eigenvalue weighted by Gasteiger charge is -2.36. The second-order valence-electron chi connectivity index (χ2n) is 8.36. The van der Waals surface area contributed by atoms with E-state index in [1.807, 2.05) is 4.72 Å². The summed E-state index contributed by atoms with van der Waals surface area (Å²) < 4.78 is 67.7. The highest BCUT2D eigenvalue weighted by Gasteiger charge is 2.48. The molecule has 4 rings (SSSR count). The maximum atomic E-state index is 15.8. The van der Waals surface area contributed by atoms with Crippen molar-refractivity contribution in [2.24, 2.45) is 0 Å². The Hall–Kier alpha value is -2.50. The molecule has 0 aromatic heterocycles. The van der Waals surface area contributed by atoms with Crippen molar-refractivity contribution in [2.75, 3.05) is 17.7 Å². The van der Waals surface area contributed by atoms with Crippen molar-refractivity contribution >= 4 is 54.7 Å². The Balaban J connectivity index is 1.62. The molecule has 0 bridgehead atoms. The van der Waals surface area contributed by atoms with E-state index in [1.54, 1.807) is 42.5 Å². The van der Waals surface area contributed by atoms with Gasteiger partial charge in [0, 0.05) is 35.5 Å². The van der Waals surface area contributed by atoms with Crippen LogP contribution in [0.2, 0.25) is 10.0 Å². The number of amides is 1. The van der Waals surface area contributed by atoms with Gasteiger partial charge in [-0.05, 0) is 48.4 Å². The van der Waals surface area contributed by atoms with Crippen molar-refractivity contribution in [1.82, 2.24) is 4.72 Å². The summed E-state index contributed by atoms with van der Waals surface area (Å²) in [6, 6.07) is 16.6. The molecule has 1 aliphatic rings. The minimum atomic E-state index is -4.52. The lowest BCUT2D eigenvalue weighted by atomic mass is 10.0. The SMILES string of the molecule is CS(=O)(=O)c1ccccc1-c1ccc(N2CCCC(F)(NS(=O)(=O)c3cc(Cl)ccc3Cl)C2=O)cc1. The number of carbonyl (C=O) groups excluding carboxylic acids is 1. The van der Waals surface area contributed by atoms with Crippen LogP contribution in [0.15, 0.2) is 76.5 Å². The molecular formula is C24H21Cl2FN2O5S2. The molecule has 1 saturated heterocycles. The second-order valence-corrected chi connectivity index (χ2v) is 12.8. The molecule has 0 spiro atoms. The third-order valence-corrected chi connectivity index (χ3v) is 9.08. The standard InChI is InChI=1S/C24H21Cl2FN2O5S2/c1-35(31,32)21-6-3-2-5-19(21)16-7-10-18(11-8-16)29-14-4-13-24(27,23(29)30)28-36(33,34)22-15-17(25)9-12-20(22)26/h2-3,5-12,15,28H,4,13-14H2,1H3. The number of alkyl halides is 1. The smallest absolute Gasteiger partial charge is 0.280 e. The van der Waals surface area contributed by atoms with Crippen LogP contribution in [0.1, 0.15) is 12.8 Å². The molecule has 1 fully saturated rings. The van der Waals surface area contributed by atoms with E-state index in [4.69, 9.17) is 23.2 Å². The van der Waals surface area contributed by atoms with Gasteiger partial charge in [-0.2, -0.15) is 4.72 Å². The fourth-order valence-corrected chi connectivity index (χ4v) is 6.95. The molecule has 1 unspecified atom stereocenters. The third kappa shape index (κ3) is 5.28. The molecule has 3 aromatic rings. The van der Waals surface area contributed by atoms with Gasteiger partial charge in [0.25, 0.3) is 11.7 Å². The van der Waals surface area contributed by atoms with Crippen molar-refractivity contribution in [3.05, 3.63) is 76.8 Å². The fourth-order valence-electron chi connectivity index (χ4n) is 4.04. The molecule has 7 nitrogen and oxygen atoms in total. The molecule has 190 valence electrons. The number of sulfonamides is 1. The maximum Gasteiger partial charge on any atom is 0.280 e. The Morgan fingerprint density at radius 1 is 0.944 bits per heavy atom. The van der Waals surface area contributed by atoms with Gasteiger partial charge in [-0.25, -0.2) is 21.2 Å². The van der Waals surface area contributed by atoms with E-state index in [0.29, 0.717) is 16.8 Å². The van der Waals surface area contributed by atoms with E-state index in [0.717, 1.165) is 17.2 Å². The molecule has 0 saturated carbocycles. The molecule has 3 aromatic carbocycles. The summed E-state index contributed by atoms with van der Waals surface area (Å²) in [6.07, 6.45) is 0.942. The van der Waals surface area contributed by atoms with E-state index in [2.05, 4.69) is 0 Å². The van der Waals surface area contributed by atoms with Gasteiger partial charge in [-0.1, -0.05) is 53.5 Å². The third-order valence-electron chi connectivity index (χ3n) is 5.74. The quantitative estimate of drug-likeness (QED) is 0.427. The van der Waals surface area contributed by atoms with E-state index < -0.39 is 36.5 Å². The van der Waals surface area contributed by atoms with Crippen molar-refractivity contribution < 1.29 is 26.0 Å². The van der Waals surface area contributed by atoms with Gasteiger partial charge in [-0.3, -0.25) is 4.79 Å². The zero-order chi connectivity index (χ0) is 26.3. The van der Waals surface area contributed by atoms with Crippen molar-refractivity contribution in [2.45, 2.75) is 28.4 Å². The Labute approximate surface area is 218 Å². The van der Waals surface area contributed by atoms with Crippen LogP contribution < -0.4 is 9.62 Å². The first-order valence-corrected chi connectivity index (χ1v) is 14.8. The first-order valence-electron chi connectivity index (χ1n) is 10.7. The summed E-state index contributed by atoms with van der Waals surface area (Å²) in [5, 5.41) is -0.0811. The highest BCUT2D eigenvalue weighted by atomic mass is 35.5. The highest BCUT2D eigenvalue weighted by molar-refractivity contribution is 7.91. The van der Waals surface area contributed by atoms with Gasteiger partial charge in [0.1, 0.15) is 4.90 Å². The molecule has 1 atom stereocenters. The normalized spacial score (nSPS) is 18.9. The Morgan fingerprint density at radius 2 is 1.61 bits per heavy atom. The van der Waals surface area contributed by atoms with Crippen LogP contribution in [-0.2, 0) is 24.7 Å². The molecule has 1 aliphatic heterocycles. The molecule has 1 amide bonds. The number of sulfone groups is 1. The van der Waals surface area contributed by atoms with Crippen LogP contribution in [-0.4, -0.2) is 41.3 Å². The van der Waals surface area contributed by atoms with Gasteiger partial charge in [-0.15, -0.1) is 0 Å². The van der Waals surface area contributed by atoms with Crippen LogP contribution in [0.3, 0.4) is 0 Å². The molecule has 1 heterocycles. The number of rotatable bonds is 6. The summed E-state index contributed by atoms with van der Waals surface area (Å²) in [4.78, 5) is 14.0. The van der Waals surface area contributed by atoms with Gasteiger partial charge in [0.2, 0.25) is 10.0 Å². The predicted octanol–water partition coefficient (Wildman–Crippen LogP) is 4.84. The number of benzene rings is 3. The van der Waals surface area contributed by atoms with E-state index in [9.17, 15) is 21.6 Å². The largest absolute Gasteiger partial charge is 0.308 e. The summed E-state index contributed by atoms with van der Waals surface area (Å²) in [6.45, 7) is 0.170. The second kappa shape index (κ2) is 9.75. The molecule has 12 heteroatoms. The number of halogens is 3. The molecule has 36 heavy (non-hydrogen) atoms. The van der Waals surface area contributed by atoms with E-state index in [-0.39, 0.29) is 34.3 Å². The van der Waals surface area contributed by atoms with Crippen LogP contribution in [0.5, 0.6) is 0 Å². The number of piperidine rings is 1. The number of hydrogen-bond acceptors (Lipinski definition) is 5. The topological polar surface area (TPSA) is 101 Å². The minimum Gasteiger partial charge on any atom is -0.308 e. The van der Waals surface area contributed by atoms with Crippen LogP contribution >= 0.6 is 23.2 Å². The minimum absolute atomic E-state index is 0.0850. The van der Waals surface area contributed by atoms with Crippen molar-refractivity contribution in [1.29, 1.82) is 0 Å². The van der Waals surface area contributed by atoms with Crippen molar-refractivity contribution in [3.63, 3.8) is 0 Å². The first-order chi connectivity index (χ1) is 16.8. The lowest BCUT2D eigenvalue weighted by molar-refractivity contribution is -0.133. The van der Waals surface area contributed by atoms with E-state index in [1.165, 1.54) is 18.2 Å². The molecule has 0 aliphatic carbocycles. The van der Waals surface area contributed by atoms with Gasteiger partial charge >= 0.3 is 0 Å². The lowest BCUT2D eigenvalue weighted by Crippen LogP contribution is -2.60. The zero-order valence-electron chi connectivity index (χ0n) is 18.9. The first kappa shape index (κ1) is 26.6. The van der Waals surface area contributed by atoms with Gasteiger partial charge in [0.15, 0.2) is 9.84 Å². The molecule has 1 N–H and O–H groups in total. The molecule has 0 radical (unpaired) electrons. The molecular weight excluding hydrogens is 550 g/mol. The number of carbonyl (C=O) groups is 1.